The zero-order valence-corrected chi connectivity index (χ0v) is 14.1. The van der Waals surface area contributed by atoms with Crippen molar-refractivity contribution in [3.05, 3.63) is 28.8 Å². The third-order valence-corrected chi connectivity index (χ3v) is 3.73. The van der Waals surface area contributed by atoms with Gasteiger partial charge in [-0.15, -0.1) is 0 Å². The number of ether oxygens (including phenoxy) is 3. The van der Waals surface area contributed by atoms with Gasteiger partial charge in [0.1, 0.15) is 5.75 Å². The zero-order valence-electron chi connectivity index (χ0n) is 13.4. The molecule has 0 atom stereocenters. The lowest BCUT2D eigenvalue weighted by Gasteiger charge is -2.23. The van der Waals surface area contributed by atoms with Crippen molar-refractivity contribution in [2.24, 2.45) is 0 Å². The largest absolute Gasteiger partial charge is 0.493 e. The van der Waals surface area contributed by atoms with E-state index in [4.69, 9.17) is 25.8 Å². The Balaban J connectivity index is 2.58. The Morgan fingerprint density at radius 1 is 1.19 bits per heavy atom. The van der Waals surface area contributed by atoms with Crippen LogP contribution in [0.3, 0.4) is 0 Å². The van der Waals surface area contributed by atoms with E-state index in [1.165, 1.54) is 0 Å². The van der Waals surface area contributed by atoms with Crippen molar-refractivity contribution < 1.29 is 14.2 Å². The number of methoxy groups -OCH3 is 2. The number of hydrogen-bond donors (Lipinski definition) is 1. The van der Waals surface area contributed by atoms with Crippen LogP contribution in [-0.4, -0.2) is 39.6 Å². The molecule has 0 unspecified atom stereocenters. The maximum absolute atomic E-state index is 6.26. The molecule has 0 aliphatic rings. The average Bonchev–Trinajstić information content (AvgIpc) is 2.45. The molecule has 0 radical (unpaired) electrons. The molecule has 0 fully saturated rings. The molecular weight excluding hydrogens is 290 g/mol. The minimum atomic E-state index is -0.185. The fourth-order valence-electron chi connectivity index (χ4n) is 1.74. The highest BCUT2D eigenvalue weighted by Gasteiger charge is 2.16. The molecule has 0 bridgehead atoms. The van der Waals surface area contributed by atoms with Gasteiger partial charge in [0.2, 0.25) is 0 Å². The van der Waals surface area contributed by atoms with Gasteiger partial charge in [0.25, 0.3) is 0 Å². The van der Waals surface area contributed by atoms with Crippen LogP contribution in [-0.2, 0) is 16.0 Å². The molecule has 0 aliphatic carbocycles. The molecule has 1 aromatic carbocycles. The van der Waals surface area contributed by atoms with Crippen LogP contribution >= 0.6 is 11.6 Å². The van der Waals surface area contributed by atoms with E-state index in [9.17, 15) is 0 Å². The van der Waals surface area contributed by atoms with Crippen LogP contribution in [0.1, 0.15) is 25.8 Å². The van der Waals surface area contributed by atoms with Crippen LogP contribution < -0.4 is 10.1 Å². The Hall–Kier alpha value is -0.810. The second kappa shape index (κ2) is 9.26. The van der Waals surface area contributed by atoms with Crippen LogP contribution in [0.4, 0.5) is 0 Å². The lowest BCUT2D eigenvalue weighted by atomic mass is 10.1. The molecule has 0 heterocycles. The van der Waals surface area contributed by atoms with Gasteiger partial charge in [-0.1, -0.05) is 17.7 Å². The molecule has 0 spiro atoms. The number of hydrogen-bond acceptors (Lipinski definition) is 4. The summed E-state index contributed by atoms with van der Waals surface area (Å²) in [7, 11) is 3.40. The summed E-state index contributed by atoms with van der Waals surface area (Å²) in [6.45, 7) is 6.78. The maximum Gasteiger partial charge on any atom is 0.125 e. The quantitative estimate of drug-likeness (QED) is 0.673. The minimum absolute atomic E-state index is 0.185. The highest BCUT2D eigenvalue weighted by Crippen LogP contribution is 2.27. The fourth-order valence-corrected chi connectivity index (χ4v) is 1.97. The van der Waals surface area contributed by atoms with E-state index in [0.29, 0.717) is 24.8 Å². The highest BCUT2D eigenvalue weighted by molar-refractivity contribution is 6.31. The molecule has 0 amide bonds. The Labute approximate surface area is 132 Å². The summed E-state index contributed by atoms with van der Waals surface area (Å²) in [5.74, 6) is 0.819. The van der Waals surface area contributed by atoms with E-state index in [0.717, 1.165) is 24.3 Å². The second-order valence-electron chi connectivity index (χ2n) is 5.45. The first-order chi connectivity index (χ1) is 10.00. The molecule has 0 aliphatic heterocycles. The van der Waals surface area contributed by atoms with E-state index in [-0.39, 0.29) is 5.60 Å². The molecule has 1 N–H and O–H groups in total. The molecule has 1 aromatic rings. The number of halogens is 1. The maximum atomic E-state index is 6.26. The molecule has 21 heavy (non-hydrogen) atoms. The summed E-state index contributed by atoms with van der Waals surface area (Å²) in [4.78, 5) is 0. The predicted molar refractivity (Wildman–Crippen MR) is 86.2 cm³/mol. The van der Waals surface area contributed by atoms with Gasteiger partial charge in [-0.25, -0.2) is 0 Å². The summed E-state index contributed by atoms with van der Waals surface area (Å²) in [5, 5.41) is 4.00. The van der Waals surface area contributed by atoms with Crippen molar-refractivity contribution in [3.63, 3.8) is 0 Å². The summed E-state index contributed by atoms with van der Waals surface area (Å²) < 4.78 is 16.3. The summed E-state index contributed by atoms with van der Waals surface area (Å²) >= 11 is 6.26. The van der Waals surface area contributed by atoms with Crippen molar-refractivity contribution in [1.82, 2.24) is 5.32 Å². The van der Waals surface area contributed by atoms with Gasteiger partial charge in [-0.2, -0.15) is 0 Å². The number of nitrogens with one attached hydrogen (secondary N) is 1. The normalized spacial score (nSPS) is 11.7. The van der Waals surface area contributed by atoms with Crippen molar-refractivity contribution in [1.29, 1.82) is 0 Å². The van der Waals surface area contributed by atoms with Gasteiger partial charge >= 0.3 is 0 Å². The fraction of sp³-hybridized carbons (Fsp3) is 0.625. The molecule has 120 valence electrons. The van der Waals surface area contributed by atoms with Crippen molar-refractivity contribution in [2.45, 2.75) is 32.4 Å². The van der Waals surface area contributed by atoms with Gasteiger partial charge in [0, 0.05) is 44.3 Å². The second-order valence-corrected chi connectivity index (χ2v) is 5.86. The van der Waals surface area contributed by atoms with Gasteiger partial charge in [0.05, 0.1) is 18.8 Å². The van der Waals surface area contributed by atoms with Crippen LogP contribution in [0.2, 0.25) is 5.02 Å². The standard InChI is InChI=1S/C16H26ClNO3/c1-16(2,20-4)8-10-21-15-7-5-6-14(17)13(15)12-18-9-11-19-3/h5-7,18H,8-12H2,1-4H3. The van der Waals surface area contributed by atoms with Gasteiger partial charge in [-0.05, 0) is 26.0 Å². The third-order valence-electron chi connectivity index (χ3n) is 3.37. The Bertz CT molecular complexity index is 424. The Morgan fingerprint density at radius 3 is 2.62 bits per heavy atom. The van der Waals surface area contributed by atoms with Gasteiger partial charge < -0.3 is 19.5 Å². The van der Waals surface area contributed by atoms with E-state index >= 15 is 0 Å². The van der Waals surface area contributed by atoms with Crippen molar-refractivity contribution >= 4 is 11.6 Å². The Kier molecular flexibility index (Phi) is 8.04. The van der Waals surface area contributed by atoms with E-state index < -0.39 is 0 Å². The smallest absolute Gasteiger partial charge is 0.125 e. The third kappa shape index (κ3) is 6.66. The highest BCUT2D eigenvalue weighted by atomic mass is 35.5. The van der Waals surface area contributed by atoms with E-state index in [2.05, 4.69) is 5.32 Å². The lowest BCUT2D eigenvalue weighted by Crippen LogP contribution is -2.25. The minimum Gasteiger partial charge on any atom is -0.493 e. The molecule has 5 heteroatoms. The monoisotopic (exact) mass is 315 g/mol. The lowest BCUT2D eigenvalue weighted by molar-refractivity contribution is 0.00537. The van der Waals surface area contributed by atoms with Gasteiger partial charge in [0.15, 0.2) is 0 Å². The first-order valence-electron chi connectivity index (χ1n) is 7.15. The predicted octanol–water partition coefficient (Wildman–Crippen LogP) is 3.27. The topological polar surface area (TPSA) is 39.7 Å². The first-order valence-corrected chi connectivity index (χ1v) is 7.53. The van der Waals surface area contributed by atoms with Crippen LogP contribution in [0.15, 0.2) is 18.2 Å². The molecular formula is C16H26ClNO3. The Morgan fingerprint density at radius 2 is 1.95 bits per heavy atom. The van der Waals surface area contributed by atoms with Crippen molar-refractivity contribution in [2.75, 3.05) is 34.0 Å². The molecule has 4 nitrogen and oxygen atoms in total. The summed E-state index contributed by atoms with van der Waals surface area (Å²) in [5.41, 5.74) is 0.792. The average molecular weight is 316 g/mol. The van der Waals surface area contributed by atoms with E-state index in [1.54, 1.807) is 14.2 Å². The molecule has 0 aromatic heterocycles. The van der Waals surface area contributed by atoms with Crippen molar-refractivity contribution in [3.8, 4) is 5.75 Å². The number of benzene rings is 1. The summed E-state index contributed by atoms with van der Waals surface area (Å²) in [6, 6.07) is 5.72. The van der Waals surface area contributed by atoms with Crippen LogP contribution in [0, 0.1) is 0 Å². The van der Waals surface area contributed by atoms with Crippen LogP contribution in [0.5, 0.6) is 5.75 Å². The van der Waals surface area contributed by atoms with Crippen LogP contribution in [0.25, 0.3) is 0 Å². The van der Waals surface area contributed by atoms with Gasteiger partial charge in [-0.3, -0.25) is 0 Å². The summed E-state index contributed by atoms with van der Waals surface area (Å²) in [6.07, 6.45) is 0.812. The zero-order chi connectivity index (χ0) is 15.7. The first kappa shape index (κ1) is 18.2. The molecule has 1 rings (SSSR count). The van der Waals surface area contributed by atoms with E-state index in [1.807, 2.05) is 32.0 Å². The number of rotatable bonds is 10. The molecule has 0 saturated carbocycles. The SMILES string of the molecule is COCCNCc1c(Cl)cccc1OCCC(C)(C)OC. The molecule has 0 saturated heterocycles.